The average Bonchev–Trinajstić information content (AvgIpc) is 3.22. The van der Waals surface area contributed by atoms with Crippen molar-refractivity contribution >= 4 is 28.7 Å². The number of imidazole rings is 1. The van der Waals surface area contributed by atoms with Crippen molar-refractivity contribution in [3.05, 3.63) is 83.7 Å². The van der Waals surface area contributed by atoms with Crippen LogP contribution in [0.1, 0.15) is 27.9 Å². The lowest BCUT2D eigenvalue weighted by Crippen LogP contribution is -2.26. The molecule has 0 fully saturated rings. The quantitative estimate of drug-likeness (QED) is 0.212. The predicted octanol–water partition coefficient (Wildman–Crippen LogP) is 2.72. The Bertz CT molecular complexity index is 1350. The molecule has 4 rings (SSSR count). The molecule has 4 N–H and O–H groups in total. The van der Waals surface area contributed by atoms with Crippen molar-refractivity contribution < 1.29 is 14.3 Å². The number of carbonyl (C=O) groups excluding carboxylic acids is 2. The number of nitrogens with zero attached hydrogens (tertiary/aromatic N) is 3. The number of fused-ring (bicyclic) bond motifs is 1. The van der Waals surface area contributed by atoms with Gasteiger partial charge in [-0.15, -0.1) is 0 Å². The summed E-state index contributed by atoms with van der Waals surface area (Å²) in [5.41, 5.74) is 10.1. The summed E-state index contributed by atoms with van der Waals surface area (Å²) >= 11 is 0. The number of ether oxygens (including phenoxy) is 1. The lowest BCUT2D eigenvalue weighted by Gasteiger charge is -2.10. The Morgan fingerprint density at radius 3 is 2.56 bits per heavy atom. The first-order valence-corrected chi connectivity index (χ1v) is 10.7. The SMILES string of the molecule is COC(=O)CCNC(=O)c1ccc2c(c1)nc(-c1ccc(C(=N)N)cc1)n2Cc1cccnc1. The Morgan fingerprint density at radius 2 is 1.88 bits per heavy atom. The van der Waals surface area contributed by atoms with Crippen LogP contribution >= 0.6 is 0 Å². The van der Waals surface area contributed by atoms with Crippen LogP contribution in [0.4, 0.5) is 0 Å². The number of benzene rings is 2. The number of hydrogen-bond donors (Lipinski definition) is 3. The monoisotopic (exact) mass is 456 g/mol. The number of amides is 1. The van der Waals surface area contributed by atoms with Gasteiger partial charge < -0.3 is 20.4 Å². The van der Waals surface area contributed by atoms with E-state index < -0.39 is 0 Å². The van der Waals surface area contributed by atoms with E-state index in [-0.39, 0.29) is 30.7 Å². The third-order valence-corrected chi connectivity index (χ3v) is 5.37. The van der Waals surface area contributed by atoms with E-state index in [1.54, 1.807) is 36.7 Å². The van der Waals surface area contributed by atoms with E-state index in [1.165, 1.54) is 7.11 Å². The van der Waals surface area contributed by atoms with Crippen molar-refractivity contribution in [3.63, 3.8) is 0 Å². The van der Waals surface area contributed by atoms with Gasteiger partial charge in [-0.3, -0.25) is 20.0 Å². The second-order valence-corrected chi connectivity index (χ2v) is 7.66. The second kappa shape index (κ2) is 9.95. The van der Waals surface area contributed by atoms with Gasteiger partial charge in [0.15, 0.2) is 0 Å². The fourth-order valence-corrected chi connectivity index (χ4v) is 3.61. The molecule has 4 aromatic rings. The summed E-state index contributed by atoms with van der Waals surface area (Å²) in [7, 11) is 1.31. The van der Waals surface area contributed by atoms with Crippen molar-refractivity contribution in [1.82, 2.24) is 19.9 Å². The number of pyridine rings is 1. The van der Waals surface area contributed by atoms with E-state index in [4.69, 9.17) is 16.1 Å². The van der Waals surface area contributed by atoms with Crippen LogP contribution in [0.2, 0.25) is 0 Å². The number of methoxy groups -OCH3 is 1. The Morgan fingerprint density at radius 1 is 1.12 bits per heavy atom. The van der Waals surface area contributed by atoms with Gasteiger partial charge in [-0.25, -0.2) is 4.98 Å². The van der Waals surface area contributed by atoms with Crippen LogP contribution in [0, 0.1) is 5.41 Å². The minimum Gasteiger partial charge on any atom is -0.469 e. The Hall–Kier alpha value is -4.53. The summed E-state index contributed by atoms with van der Waals surface area (Å²) in [5, 5.41) is 10.3. The summed E-state index contributed by atoms with van der Waals surface area (Å²) in [5.74, 6) is 0.0424. The van der Waals surface area contributed by atoms with Crippen LogP contribution in [0.3, 0.4) is 0 Å². The molecule has 2 heterocycles. The third-order valence-electron chi connectivity index (χ3n) is 5.37. The number of carbonyl (C=O) groups is 2. The zero-order chi connectivity index (χ0) is 24.1. The molecule has 0 aliphatic heterocycles. The molecule has 2 aromatic heterocycles. The first-order chi connectivity index (χ1) is 16.5. The van der Waals surface area contributed by atoms with Crippen molar-refractivity contribution in [1.29, 1.82) is 5.41 Å². The summed E-state index contributed by atoms with van der Waals surface area (Å²) in [6.45, 7) is 0.728. The smallest absolute Gasteiger partial charge is 0.307 e. The summed E-state index contributed by atoms with van der Waals surface area (Å²) in [4.78, 5) is 32.9. The Labute approximate surface area is 196 Å². The highest BCUT2D eigenvalue weighted by Crippen LogP contribution is 2.27. The Kier molecular flexibility index (Phi) is 6.63. The largest absolute Gasteiger partial charge is 0.469 e. The van der Waals surface area contributed by atoms with Crippen LogP contribution < -0.4 is 11.1 Å². The highest BCUT2D eigenvalue weighted by molar-refractivity contribution is 5.98. The van der Waals surface area contributed by atoms with Crippen LogP contribution in [0.15, 0.2) is 67.0 Å². The van der Waals surface area contributed by atoms with Gasteiger partial charge in [0.05, 0.1) is 31.1 Å². The molecule has 0 saturated heterocycles. The van der Waals surface area contributed by atoms with Crippen molar-refractivity contribution in [2.75, 3.05) is 13.7 Å². The van der Waals surface area contributed by atoms with Gasteiger partial charge in [0, 0.05) is 35.6 Å². The summed E-state index contributed by atoms with van der Waals surface area (Å²) in [6, 6.07) is 16.5. The normalized spacial score (nSPS) is 10.7. The predicted molar refractivity (Wildman–Crippen MR) is 128 cm³/mol. The molecular formula is C25H24N6O3. The fourth-order valence-electron chi connectivity index (χ4n) is 3.61. The van der Waals surface area contributed by atoms with E-state index in [0.717, 1.165) is 22.5 Å². The van der Waals surface area contributed by atoms with E-state index in [0.29, 0.717) is 23.2 Å². The molecule has 9 heteroatoms. The molecule has 0 spiro atoms. The zero-order valence-electron chi connectivity index (χ0n) is 18.6. The maximum atomic E-state index is 12.6. The van der Waals surface area contributed by atoms with E-state index in [9.17, 15) is 9.59 Å². The van der Waals surface area contributed by atoms with Gasteiger partial charge in [-0.05, 0) is 29.8 Å². The highest BCUT2D eigenvalue weighted by atomic mass is 16.5. The number of amidine groups is 1. The molecule has 0 aliphatic carbocycles. The van der Waals surface area contributed by atoms with Crippen molar-refractivity contribution in [3.8, 4) is 11.4 Å². The first kappa shape index (κ1) is 22.7. The van der Waals surface area contributed by atoms with Crippen LogP contribution in [0.5, 0.6) is 0 Å². The van der Waals surface area contributed by atoms with Crippen molar-refractivity contribution in [2.45, 2.75) is 13.0 Å². The zero-order valence-corrected chi connectivity index (χ0v) is 18.6. The Balaban J connectivity index is 1.70. The van der Waals surface area contributed by atoms with Crippen LogP contribution in [0.25, 0.3) is 22.4 Å². The van der Waals surface area contributed by atoms with Gasteiger partial charge >= 0.3 is 5.97 Å². The molecule has 172 valence electrons. The topological polar surface area (TPSA) is 136 Å². The van der Waals surface area contributed by atoms with Gasteiger partial charge in [-0.2, -0.15) is 0 Å². The lowest BCUT2D eigenvalue weighted by atomic mass is 10.1. The maximum absolute atomic E-state index is 12.6. The minimum atomic E-state index is -0.384. The average molecular weight is 457 g/mol. The van der Waals surface area contributed by atoms with Crippen LogP contribution in [-0.4, -0.2) is 45.9 Å². The molecule has 0 saturated carbocycles. The number of nitrogen functional groups attached to an aromatic ring is 1. The molecule has 1 amide bonds. The van der Waals surface area contributed by atoms with E-state index in [1.807, 2.05) is 30.3 Å². The first-order valence-electron chi connectivity index (χ1n) is 10.7. The fraction of sp³-hybridized carbons (Fsp3) is 0.160. The second-order valence-electron chi connectivity index (χ2n) is 7.66. The molecule has 0 aliphatic rings. The third kappa shape index (κ3) is 4.93. The molecule has 0 unspecified atom stereocenters. The molecule has 0 atom stereocenters. The van der Waals surface area contributed by atoms with E-state index in [2.05, 4.69) is 19.6 Å². The highest BCUT2D eigenvalue weighted by Gasteiger charge is 2.16. The van der Waals surface area contributed by atoms with E-state index >= 15 is 0 Å². The molecule has 0 bridgehead atoms. The molecule has 0 radical (unpaired) electrons. The lowest BCUT2D eigenvalue weighted by molar-refractivity contribution is -0.140. The number of nitrogens with two attached hydrogens (primary N) is 1. The standard InChI is InChI=1S/C25H24N6O3/c1-34-22(32)10-12-29-25(33)19-8-9-21-20(13-19)30-24(18-6-4-17(5-7-18)23(26)27)31(21)15-16-3-2-11-28-14-16/h2-9,11,13-14H,10,12,15H2,1H3,(H3,26,27)(H,29,33). The number of hydrogen-bond acceptors (Lipinski definition) is 6. The number of esters is 1. The molecule has 2 aromatic carbocycles. The summed E-state index contributed by atoms with van der Waals surface area (Å²) in [6.07, 6.45) is 3.63. The van der Waals surface area contributed by atoms with Gasteiger partial charge in [0.25, 0.3) is 5.91 Å². The minimum absolute atomic E-state index is 0.00161. The number of aromatic nitrogens is 3. The maximum Gasteiger partial charge on any atom is 0.307 e. The van der Waals surface area contributed by atoms with Gasteiger partial charge in [-0.1, -0.05) is 30.3 Å². The number of nitrogens with one attached hydrogen (secondary N) is 2. The van der Waals surface area contributed by atoms with Crippen LogP contribution in [-0.2, 0) is 16.1 Å². The van der Waals surface area contributed by atoms with Crippen molar-refractivity contribution in [2.24, 2.45) is 5.73 Å². The molecular weight excluding hydrogens is 432 g/mol. The van der Waals surface area contributed by atoms with Gasteiger partial charge in [0.2, 0.25) is 0 Å². The summed E-state index contributed by atoms with van der Waals surface area (Å²) < 4.78 is 6.66. The van der Waals surface area contributed by atoms with Gasteiger partial charge in [0.1, 0.15) is 11.7 Å². The molecule has 34 heavy (non-hydrogen) atoms. The molecule has 9 nitrogen and oxygen atoms in total. The number of rotatable bonds is 8.